The number of H-pyrrole nitrogens is 1. The minimum atomic E-state index is -0.382. The van der Waals surface area contributed by atoms with Crippen molar-refractivity contribution in [1.29, 1.82) is 0 Å². The molecule has 10 nitrogen and oxygen atoms in total. The van der Waals surface area contributed by atoms with Crippen LogP contribution in [-0.2, 0) is 0 Å². The van der Waals surface area contributed by atoms with Crippen LogP contribution in [0.1, 0.15) is 62.5 Å². The normalized spacial score (nSPS) is 17.9. The van der Waals surface area contributed by atoms with Crippen molar-refractivity contribution >= 4 is 16.6 Å². The number of hydrogen-bond acceptors (Lipinski definition) is 8. The third-order valence-corrected chi connectivity index (χ3v) is 8.03. The number of piperazine rings is 1. The summed E-state index contributed by atoms with van der Waals surface area (Å²) in [6, 6.07) is 14.9. The Bertz CT molecular complexity index is 1470. The molecule has 1 aliphatic heterocycles. The van der Waals surface area contributed by atoms with Crippen molar-refractivity contribution in [2.45, 2.75) is 51.1 Å². The molecule has 2 aromatic carbocycles. The maximum absolute atomic E-state index is 13.6. The molecule has 6 rings (SSSR count). The fourth-order valence-electron chi connectivity index (χ4n) is 6.03. The molecule has 1 saturated carbocycles. The lowest BCUT2D eigenvalue weighted by Crippen LogP contribution is -2.49. The lowest BCUT2D eigenvalue weighted by Gasteiger charge is -2.40. The molecule has 39 heavy (non-hydrogen) atoms. The number of ether oxygens (including phenoxy) is 1. The lowest BCUT2D eigenvalue weighted by atomic mass is 9.95. The van der Waals surface area contributed by atoms with Gasteiger partial charge < -0.3 is 19.7 Å². The van der Waals surface area contributed by atoms with Gasteiger partial charge in [-0.25, -0.2) is 4.68 Å². The minimum Gasteiger partial charge on any atom is -0.508 e. The molecule has 204 valence electrons. The fourth-order valence-corrected chi connectivity index (χ4v) is 6.03. The lowest BCUT2D eigenvalue weighted by molar-refractivity contribution is 0.192. The number of tetrazole rings is 1. The highest BCUT2D eigenvalue weighted by atomic mass is 16.5. The van der Waals surface area contributed by atoms with E-state index >= 15 is 0 Å². The van der Waals surface area contributed by atoms with Gasteiger partial charge >= 0.3 is 0 Å². The van der Waals surface area contributed by atoms with Crippen LogP contribution in [0.15, 0.2) is 53.3 Å². The summed E-state index contributed by atoms with van der Waals surface area (Å²) in [6.07, 6.45) is 5.66. The predicted molar refractivity (Wildman–Crippen MR) is 149 cm³/mol. The molecule has 0 spiro atoms. The molecule has 0 bridgehead atoms. The molecule has 2 fully saturated rings. The number of hydrogen-bond donors (Lipinski definition) is 2. The van der Waals surface area contributed by atoms with Gasteiger partial charge in [-0.15, -0.1) is 5.10 Å². The molecule has 2 aliphatic rings. The average Bonchev–Trinajstić information content (AvgIpc) is 3.45. The molecule has 4 aromatic rings. The van der Waals surface area contributed by atoms with E-state index in [1.807, 2.05) is 48.0 Å². The zero-order valence-corrected chi connectivity index (χ0v) is 22.3. The van der Waals surface area contributed by atoms with Crippen LogP contribution < -0.4 is 15.2 Å². The van der Waals surface area contributed by atoms with Crippen LogP contribution in [0.4, 0.5) is 5.69 Å². The Balaban J connectivity index is 1.38. The van der Waals surface area contributed by atoms with Crippen LogP contribution in [0.3, 0.4) is 0 Å². The maximum atomic E-state index is 13.6. The minimum absolute atomic E-state index is 0.129. The first-order chi connectivity index (χ1) is 19.1. The largest absolute Gasteiger partial charge is 0.508 e. The third-order valence-electron chi connectivity index (χ3n) is 8.03. The molecule has 0 radical (unpaired) electrons. The molecule has 1 atom stereocenters. The fraction of sp³-hybridized carbons (Fsp3) is 0.448. The Morgan fingerprint density at radius 2 is 1.79 bits per heavy atom. The number of aromatic nitrogens is 5. The molecule has 3 heterocycles. The van der Waals surface area contributed by atoms with Crippen LogP contribution in [0.5, 0.6) is 11.5 Å². The van der Waals surface area contributed by atoms with Crippen molar-refractivity contribution in [3.8, 4) is 11.5 Å². The van der Waals surface area contributed by atoms with Crippen molar-refractivity contribution < 1.29 is 9.84 Å². The highest BCUT2D eigenvalue weighted by molar-refractivity contribution is 5.80. The van der Waals surface area contributed by atoms with E-state index in [0.29, 0.717) is 12.2 Å². The van der Waals surface area contributed by atoms with Gasteiger partial charge in [0.15, 0.2) is 5.82 Å². The summed E-state index contributed by atoms with van der Waals surface area (Å²) in [5.41, 5.74) is 2.36. The van der Waals surface area contributed by atoms with Crippen LogP contribution in [0.2, 0.25) is 0 Å². The number of benzene rings is 2. The van der Waals surface area contributed by atoms with E-state index in [1.165, 1.54) is 6.42 Å². The Kier molecular flexibility index (Phi) is 7.19. The first-order valence-electron chi connectivity index (χ1n) is 14.0. The number of aromatic amines is 1. The number of pyridine rings is 1. The summed E-state index contributed by atoms with van der Waals surface area (Å²) in [4.78, 5) is 21.3. The van der Waals surface area contributed by atoms with Gasteiger partial charge in [0.25, 0.3) is 5.56 Å². The zero-order valence-electron chi connectivity index (χ0n) is 22.3. The number of aromatic hydroxyl groups is 1. The van der Waals surface area contributed by atoms with Gasteiger partial charge in [-0.1, -0.05) is 19.3 Å². The number of phenolic OH excluding ortho intramolecular Hbond substituents is 1. The monoisotopic (exact) mass is 529 g/mol. The molecule has 1 aliphatic carbocycles. The molecule has 0 amide bonds. The summed E-state index contributed by atoms with van der Waals surface area (Å²) in [5, 5.41) is 23.7. The highest BCUT2D eigenvalue weighted by Gasteiger charge is 2.34. The first-order valence-corrected chi connectivity index (χ1v) is 14.0. The van der Waals surface area contributed by atoms with Gasteiger partial charge in [-0.2, -0.15) is 0 Å². The molecule has 1 saturated heterocycles. The first kappa shape index (κ1) is 25.4. The average molecular weight is 530 g/mol. The molecular formula is C29H35N7O3. The van der Waals surface area contributed by atoms with E-state index in [1.54, 1.807) is 12.1 Å². The second-order valence-corrected chi connectivity index (χ2v) is 10.5. The quantitative estimate of drug-likeness (QED) is 0.369. The van der Waals surface area contributed by atoms with E-state index in [-0.39, 0.29) is 23.4 Å². The van der Waals surface area contributed by atoms with E-state index in [4.69, 9.17) is 4.74 Å². The van der Waals surface area contributed by atoms with Gasteiger partial charge in [0.2, 0.25) is 0 Å². The number of nitrogens with zero attached hydrogens (tertiary/aromatic N) is 6. The van der Waals surface area contributed by atoms with Crippen molar-refractivity contribution in [2.24, 2.45) is 0 Å². The Morgan fingerprint density at radius 3 is 2.54 bits per heavy atom. The Morgan fingerprint density at radius 1 is 1.03 bits per heavy atom. The number of phenols is 1. The Labute approximate surface area is 227 Å². The number of fused-ring (bicyclic) bond motifs is 1. The van der Waals surface area contributed by atoms with Crippen molar-refractivity contribution in [2.75, 3.05) is 37.7 Å². The van der Waals surface area contributed by atoms with E-state index in [9.17, 15) is 9.90 Å². The topological polar surface area (TPSA) is 112 Å². The van der Waals surface area contributed by atoms with Crippen molar-refractivity contribution in [1.82, 2.24) is 30.1 Å². The van der Waals surface area contributed by atoms with Crippen LogP contribution in [-0.4, -0.2) is 68.0 Å². The van der Waals surface area contributed by atoms with Gasteiger partial charge in [-0.3, -0.25) is 9.69 Å². The molecule has 2 N–H and O–H groups in total. The van der Waals surface area contributed by atoms with Gasteiger partial charge in [-0.05, 0) is 78.7 Å². The summed E-state index contributed by atoms with van der Waals surface area (Å²) in [7, 11) is 0. The molecule has 10 heteroatoms. The smallest absolute Gasteiger partial charge is 0.253 e. The van der Waals surface area contributed by atoms with Gasteiger partial charge in [0.05, 0.1) is 12.6 Å². The summed E-state index contributed by atoms with van der Waals surface area (Å²) >= 11 is 0. The Hall–Kier alpha value is -3.92. The van der Waals surface area contributed by atoms with E-state index in [2.05, 4.69) is 30.3 Å². The molecular weight excluding hydrogens is 494 g/mol. The SMILES string of the molecule is CCOc1ccc2[nH]c(=O)c(C(c3nnnn3C3CCCCC3)N3CCN(c4ccc(O)cc4)CC3)cc2c1. The standard InChI is InChI=1S/C29H35N7O3/c1-2-39-24-12-13-26-20(18-24)19-25(29(38)30-26)27(28-31-32-33-36(28)22-6-4-3-5-7-22)35-16-14-34(15-17-35)21-8-10-23(37)11-9-21/h8-13,18-19,22,27,37H,2-7,14-17H2,1H3,(H,30,38). The van der Waals surface area contributed by atoms with Crippen molar-refractivity contribution in [3.05, 3.63) is 70.3 Å². The predicted octanol–water partition coefficient (Wildman–Crippen LogP) is 4.04. The second-order valence-electron chi connectivity index (χ2n) is 10.5. The molecule has 1 unspecified atom stereocenters. The number of anilines is 1. The van der Waals surface area contributed by atoms with Gasteiger partial charge in [0.1, 0.15) is 17.5 Å². The second kappa shape index (κ2) is 11.1. The van der Waals surface area contributed by atoms with Crippen LogP contribution in [0.25, 0.3) is 10.9 Å². The summed E-state index contributed by atoms with van der Waals surface area (Å²) in [5.74, 6) is 1.76. The third kappa shape index (κ3) is 5.21. The molecule has 2 aromatic heterocycles. The van der Waals surface area contributed by atoms with Crippen LogP contribution in [0, 0.1) is 0 Å². The van der Waals surface area contributed by atoms with Gasteiger partial charge in [0, 0.05) is 48.3 Å². The zero-order chi connectivity index (χ0) is 26.8. The maximum Gasteiger partial charge on any atom is 0.253 e. The van der Waals surface area contributed by atoms with Crippen molar-refractivity contribution in [3.63, 3.8) is 0 Å². The summed E-state index contributed by atoms with van der Waals surface area (Å²) in [6.45, 7) is 5.57. The summed E-state index contributed by atoms with van der Waals surface area (Å²) < 4.78 is 7.72. The number of rotatable bonds is 7. The highest BCUT2D eigenvalue weighted by Crippen LogP contribution is 2.34. The number of nitrogens with one attached hydrogen (secondary N) is 1. The van der Waals surface area contributed by atoms with E-state index in [0.717, 1.165) is 80.0 Å². The van der Waals surface area contributed by atoms with E-state index < -0.39 is 0 Å². The van der Waals surface area contributed by atoms with Crippen LogP contribution >= 0.6 is 0 Å².